The van der Waals surface area contributed by atoms with E-state index < -0.39 is 10.0 Å². The van der Waals surface area contributed by atoms with Crippen molar-refractivity contribution in [1.82, 2.24) is 14.9 Å². The van der Waals surface area contributed by atoms with Gasteiger partial charge in [-0.1, -0.05) is 34.9 Å². The van der Waals surface area contributed by atoms with Gasteiger partial charge >= 0.3 is 0 Å². The number of nitrogens with zero attached hydrogens (tertiary/aromatic N) is 2. The van der Waals surface area contributed by atoms with Gasteiger partial charge in [-0.05, 0) is 30.7 Å². The van der Waals surface area contributed by atoms with Crippen LogP contribution in [0, 0.1) is 0 Å². The van der Waals surface area contributed by atoms with Gasteiger partial charge in [-0.15, -0.1) is 0 Å². The Morgan fingerprint density at radius 1 is 1.27 bits per heavy atom. The third-order valence-electron chi connectivity index (χ3n) is 2.98. The second-order valence-electron chi connectivity index (χ2n) is 5.16. The van der Waals surface area contributed by atoms with Crippen LogP contribution in [0.2, 0.25) is 0 Å². The molecule has 0 fully saturated rings. The monoisotopic (exact) mass is 387 g/mol. The molecule has 0 unspecified atom stereocenters. The molecule has 2 rings (SSSR count). The van der Waals surface area contributed by atoms with Gasteiger partial charge in [-0.25, -0.2) is 13.1 Å². The van der Waals surface area contributed by atoms with Crippen LogP contribution in [-0.2, 0) is 16.4 Å². The molecule has 6 nitrogen and oxygen atoms in total. The molecule has 0 spiro atoms. The molecule has 120 valence electrons. The van der Waals surface area contributed by atoms with Gasteiger partial charge in [0.1, 0.15) is 0 Å². The van der Waals surface area contributed by atoms with Gasteiger partial charge < -0.3 is 4.52 Å². The van der Waals surface area contributed by atoms with Crippen LogP contribution >= 0.6 is 15.9 Å². The molecular formula is C14H18BrN3O3S. The van der Waals surface area contributed by atoms with E-state index in [4.69, 9.17) is 4.52 Å². The molecule has 1 aromatic carbocycles. The molecule has 0 bridgehead atoms. The number of rotatable bonds is 7. The van der Waals surface area contributed by atoms with Gasteiger partial charge in [0, 0.05) is 23.4 Å². The van der Waals surface area contributed by atoms with E-state index in [0.29, 0.717) is 31.1 Å². The topological polar surface area (TPSA) is 85.1 Å². The predicted octanol–water partition coefficient (Wildman–Crippen LogP) is 2.87. The minimum atomic E-state index is -3.48. The Bertz CT molecular complexity index is 711. The maximum atomic E-state index is 12.1. The highest BCUT2D eigenvalue weighted by Gasteiger charge is 2.14. The summed E-state index contributed by atoms with van der Waals surface area (Å²) >= 11 is 3.28. The Morgan fingerprint density at radius 3 is 2.55 bits per heavy atom. The molecule has 0 amide bonds. The fourth-order valence-electron chi connectivity index (χ4n) is 1.75. The van der Waals surface area contributed by atoms with Crippen LogP contribution < -0.4 is 4.72 Å². The van der Waals surface area contributed by atoms with Crippen LogP contribution in [0.3, 0.4) is 0 Å². The molecule has 0 atom stereocenters. The largest absolute Gasteiger partial charge is 0.339 e. The molecule has 0 saturated heterocycles. The SMILES string of the molecule is CC(C)c1noc(CCCNS(=O)(=O)c2ccc(Br)cc2)n1. The number of aryl methyl sites for hydroxylation is 1. The molecule has 1 heterocycles. The third-order valence-corrected chi connectivity index (χ3v) is 4.99. The summed E-state index contributed by atoms with van der Waals surface area (Å²) in [6.45, 7) is 4.29. The summed E-state index contributed by atoms with van der Waals surface area (Å²) < 4.78 is 32.7. The molecule has 0 saturated carbocycles. The lowest BCUT2D eigenvalue weighted by Gasteiger charge is -2.06. The van der Waals surface area contributed by atoms with Gasteiger partial charge in [0.25, 0.3) is 0 Å². The second-order valence-corrected chi connectivity index (χ2v) is 7.84. The lowest BCUT2D eigenvalue weighted by Crippen LogP contribution is -2.25. The number of halogens is 1. The van der Waals surface area contributed by atoms with Gasteiger partial charge in [0.2, 0.25) is 15.9 Å². The lowest BCUT2D eigenvalue weighted by atomic mass is 10.2. The van der Waals surface area contributed by atoms with Crippen LogP contribution in [0.1, 0.15) is 37.9 Å². The van der Waals surface area contributed by atoms with E-state index in [2.05, 4.69) is 30.8 Å². The maximum absolute atomic E-state index is 12.1. The zero-order valence-electron chi connectivity index (χ0n) is 12.4. The number of sulfonamides is 1. The van der Waals surface area contributed by atoms with Gasteiger partial charge in [0.15, 0.2) is 5.82 Å². The van der Waals surface area contributed by atoms with Crippen molar-refractivity contribution in [2.24, 2.45) is 0 Å². The standard InChI is InChI=1S/C14H18BrN3O3S/c1-10(2)14-17-13(21-18-14)4-3-9-16-22(19,20)12-7-5-11(15)6-8-12/h5-8,10,16H,3-4,9H2,1-2H3. The van der Waals surface area contributed by atoms with Crippen LogP contribution in [0.5, 0.6) is 0 Å². The summed E-state index contributed by atoms with van der Waals surface area (Å²) in [5, 5.41) is 3.87. The van der Waals surface area contributed by atoms with Crippen LogP contribution in [-0.4, -0.2) is 25.1 Å². The Kier molecular flexibility index (Phi) is 5.71. The number of benzene rings is 1. The highest BCUT2D eigenvalue weighted by Crippen LogP contribution is 2.14. The van der Waals surface area contributed by atoms with Crippen molar-refractivity contribution >= 4 is 26.0 Å². The maximum Gasteiger partial charge on any atom is 0.240 e. The first-order chi connectivity index (χ1) is 10.4. The first-order valence-electron chi connectivity index (χ1n) is 6.96. The number of hydrogen-bond acceptors (Lipinski definition) is 5. The Balaban J connectivity index is 1.83. The van der Waals surface area contributed by atoms with Crippen molar-refractivity contribution < 1.29 is 12.9 Å². The Labute approximate surface area is 138 Å². The van der Waals surface area contributed by atoms with E-state index in [0.717, 1.165) is 4.47 Å². The molecule has 0 aliphatic rings. The van der Waals surface area contributed by atoms with E-state index in [-0.39, 0.29) is 10.8 Å². The van der Waals surface area contributed by atoms with E-state index in [9.17, 15) is 8.42 Å². The van der Waals surface area contributed by atoms with Crippen molar-refractivity contribution in [3.8, 4) is 0 Å². The summed E-state index contributed by atoms with van der Waals surface area (Å²) in [5.41, 5.74) is 0. The fourth-order valence-corrected chi connectivity index (χ4v) is 3.09. The van der Waals surface area contributed by atoms with Gasteiger partial charge in [-0.2, -0.15) is 4.98 Å². The minimum absolute atomic E-state index is 0.216. The molecule has 0 aliphatic heterocycles. The molecule has 2 aromatic rings. The molecule has 0 aliphatic carbocycles. The summed E-state index contributed by atoms with van der Waals surface area (Å²) in [4.78, 5) is 4.50. The second kappa shape index (κ2) is 7.34. The fraction of sp³-hybridized carbons (Fsp3) is 0.429. The third kappa shape index (κ3) is 4.62. The Hall–Kier alpha value is -1.25. The van der Waals surface area contributed by atoms with E-state index >= 15 is 0 Å². The highest BCUT2D eigenvalue weighted by molar-refractivity contribution is 9.10. The molecule has 1 aromatic heterocycles. The zero-order valence-corrected chi connectivity index (χ0v) is 14.8. The number of aromatic nitrogens is 2. The molecule has 1 N–H and O–H groups in total. The van der Waals surface area contributed by atoms with Crippen molar-refractivity contribution in [1.29, 1.82) is 0 Å². The molecule has 0 radical (unpaired) electrons. The predicted molar refractivity (Wildman–Crippen MR) is 86.0 cm³/mol. The molecular weight excluding hydrogens is 370 g/mol. The molecule has 8 heteroatoms. The summed E-state index contributed by atoms with van der Waals surface area (Å²) in [6, 6.07) is 6.50. The van der Waals surface area contributed by atoms with E-state index in [1.807, 2.05) is 13.8 Å². The first-order valence-corrected chi connectivity index (χ1v) is 9.24. The quantitative estimate of drug-likeness (QED) is 0.738. The zero-order chi connectivity index (χ0) is 16.2. The summed E-state index contributed by atoms with van der Waals surface area (Å²) in [7, 11) is -3.48. The number of nitrogens with one attached hydrogen (secondary N) is 1. The first kappa shape index (κ1) is 17.1. The van der Waals surface area contributed by atoms with Crippen molar-refractivity contribution in [2.75, 3.05) is 6.54 Å². The van der Waals surface area contributed by atoms with E-state index in [1.165, 1.54) is 0 Å². The number of hydrogen-bond donors (Lipinski definition) is 1. The van der Waals surface area contributed by atoms with Crippen LogP contribution in [0.25, 0.3) is 0 Å². The van der Waals surface area contributed by atoms with Crippen molar-refractivity contribution in [3.05, 3.63) is 40.5 Å². The highest BCUT2D eigenvalue weighted by atomic mass is 79.9. The van der Waals surface area contributed by atoms with Crippen LogP contribution in [0.15, 0.2) is 38.2 Å². The van der Waals surface area contributed by atoms with Crippen molar-refractivity contribution in [3.63, 3.8) is 0 Å². The smallest absolute Gasteiger partial charge is 0.240 e. The van der Waals surface area contributed by atoms with Crippen molar-refractivity contribution in [2.45, 2.75) is 37.5 Å². The minimum Gasteiger partial charge on any atom is -0.339 e. The molecule has 22 heavy (non-hydrogen) atoms. The normalized spacial score (nSPS) is 12.0. The van der Waals surface area contributed by atoms with Gasteiger partial charge in [0.05, 0.1) is 4.90 Å². The summed E-state index contributed by atoms with van der Waals surface area (Å²) in [5.74, 6) is 1.42. The van der Waals surface area contributed by atoms with Gasteiger partial charge in [-0.3, -0.25) is 0 Å². The Morgan fingerprint density at radius 2 is 1.95 bits per heavy atom. The average Bonchev–Trinajstić information content (AvgIpc) is 2.93. The van der Waals surface area contributed by atoms with E-state index in [1.54, 1.807) is 24.3 Å². The average molecular weight is 388 g/mol. The lowest BCUT2D eigenvalue weighted by molar-refractivity contribution is 0.368. The summed E-state index contributed by atoms with van der Waals surface area (Å²) in [6.07, 6.45) is 1.14. The van der Waals surface area contributed by atoms with Crippen LogP contribution in [0.4, 0.5) is 0 Å².